The summed E-state index contributed by atoms with van der Waals surface area (Å²) < 4.78 is 5.81. The molecular weight excluding hydrogens is 294 g/mol. The van der Waals surface area contributed by atoms with Gasteiger partial charge in [0.2, 0.25) is 5.91 Å². The molecule has 0 bridgehead atoms. The van der Waals surface area contributed by atoms with Crippen molar-refractivity contribution < 1.29 is 19.4 Å². The maximum atomic E-state index is 12.6. The number of carboxylic acids is 1. The fourth-order valence-corrected chi connectivity index (χ4v) is 3.61. The van der Waals surface area contributed by atoms with Gasteiger partial charge in [0.05, 0.1) is 24.3 Å². The Kier molecular flexibility index (Phi) is 4.96. The molecule has 1 aromatic carbocycles. The van der Waals surface area contributed by atoms with Crippen molar-refractivity contribution in [3.05, 3.63) is 35.4 Å². The lowest BCUT2D eigenvalue weighted by molar-refractivity contribution is -0.149. The van der Waals surface area contributed by atoms with Gasteiger partial charge in [0.15, 0.2) is 0 Å². The van der Waals surface area contributed by atoms with Crippen LogP contribution >= 0.6 is 0 Å². The number of benzene rings is 1. The largest absolute Gasteiger partial charge is 0.478 e. The second-order valence-corrected chi connectivity index (χ2v) is 6.35. The van der Waals surface area contributed by atoms with Crippen LogP contribution in [-0.4, -0.2) is 47.2 Å². The average molecular weight is 317 g/mol. The monoisotopic (exact) mass is 317 g/mol. The molecule has 3 rings (SSSR count). The lowest BCUT2D eigenvalue weighted by atomic mass is 9.90. The Morgan fingerprint density at radius 1 is 1.17 bits per heavy atom. The molecule has 2 unspecified atom stereocenters. The van der Waals surface area contributed by atoms with E-state index in [1.807, 2.05) is 4.90 Å². The first kappa shape index (κ1) is 16.0. The molecule has 2 aliphatic rings. The van der Waals surface area contributed by atoms with Crippen molar-refractivity contribution in [3.63, 3.8) is 0 Å². The van der Waals surface area contributed by atoms with E-state index in [4.69, 9.17) is 9.84 Å². The van der Waals surface area contributed by atoms with Crippen molar-refractivity contribution in [1.82, 2.24) is 4.90 Å². The van der Waals surface area contributed by atoms with Crippen LogP contribution in [0.5, 0.6) is 0 Å². The maximum Gasteiger partial charge on any atom is 0.335 e. The van der Waals surface area contributed by atoms with Gasteiger partial charge < -0.3 is 14.7 Å². The van der Waals surface area contributed by atoms with E-state index in [1.54, 1.807) is 24.3 Å². The van der Waals surface area contributed by atoms with E-state index in [9.17, 15) is 9.59 Å². The number of ether oxygens (including phenoxy) is 1. The fourth-order valence-electron chi connectivity index (χ4n) is 3.61. The molecule has 5 nitrogen and oxygen atoms in total. The number of fused-ring (bicyclic) bond motifs is 1. The molecule has 0 radical (unpaired) electrons. The zero-order chi connectivity index (χ0) is 16.2. The van der Waals surface area contributed by atoms with Gasteiger partial charge >= 0.3 is 5.97 Å². The van der Waals surface area contributed by atoms with Gasteiger partial charge in [-0.1, -0.05) is 25.0 Å². The van der Waals surface area contributed by atoms with Gasteiger partial charge in [-0.25, -0.2) is 4.79 Å². The van der Waals surface area contributed by atoms with Crippen molar-refractivity contribution in [2.75, 3.05) is 13.2 Å². The van der Waals surface area contributed by atoms with Crippen LogP contribution in [0.25, 0.3) is 0 Å². The molecular formula is C18H23NO4. The highest BCUT2D eigenvalue weighted by atomic mass is 16.5. The van der Waals surface area contributed by atoms with Crippen molar-refractivity contribution in [1.29, 1.82) is 0 Å². The quantitative estimate of drug-likeness (QED) is 0.926. The Morgan fingerprint density at radius 3 is 2.65 bits per heavy atom. The summed E-state index contributed by atoms with van der Waals surface area (Å²) in [4.78, 5) is 25.4. The second-order valence-electron chi connectivity index (χ2n) is 6.35. The standard InChI is InChI=1S/C18H23NO4/c20-17(10-7-13-5-8-14(9-6-13)18(21)22)19-11-12-23-16-4-2-1-3-15(16)19/h5-6,8-9,15-16H,1-4,7,10-12H2,(H,21,22). The Labute approximate surface area is 136 Å². The molecule has 1 aliphatic carbocycles. The summed E-state index contributed by atoms with van der Waals surface area (Å²) in [6.45, 7) is 1.33. The van der Waals surface area contributed by atoms with Crippen LogP contribution in [-0.2, 0) is 16.0 Å². The third kappa shape index (κ3) is 3.72. The molecule has 124 valence electrons. The van der Waals surface area contributed by atoms with Gasteiger partial charge in [0.25, 0.3) is 0 Å². The number of nitrogens with zero attached hydrogens (tertiary/aromatic N) is 1. The smallest absolute Gasteiger partial charge is 0.335 e. The number of carbonyl (C=O) groups excluding carboxylic acids is 1. The Morgan fingerprint density at radius 2 is 1.91 bits per heavy atom. The molecule has 23 heavy (non-hydrogen) atoms. The molecule has 0 aromatic heterocycles. The molecule has 1 N–H and O–H groups in total. The van der Waals surface area contributed by atoms with Crippen LogP contribution in [0.15, 0.2) is 24.3 Å². The molecule has 1 saturated carbocycles. The minimum Gasteiger partial charge on any atom is -0.478 e. The van der Waals surface area contributed by atoms with Gasteiger partial charge in [0.1, 0.15) is 0 Å². The molecule has 2 fully saturated rings. The Bertz CT molecular complexity index is 567. The number of carboxylic acid groups (broad SMARTS) is 1. The lowest BCUT2D eigenvalue weighted by Crippen LogP contribution is -2.54. The molecule has 1 aromatic rings. The fraction of sp³-hybridized carbons (Fsp3) is 0.556. The molecule has 2 atom stereocenters. The van der Waals surface area contributed by atoms with Crippen LogP contribution in [0.3, 0.4) is 0 Å². The van der Waals surface area contributed by atoms with E-state index in [0.717, 1.165) is 18.4 Å². The Hall–Kier alpha value is -1.88. The van der Waals surface area contributed by atoms with Crippen LogP contribution in [0.1, 0.15) is 48.0 Å². The highest BCUT2D eigenvalue weighted by Gasteiger charge is 2.36. The Balaban J connectivity index is 1.57. The van der Waals surface area contributed by atoms with Crippen molar-refractivity contribution in [3.8, 4) is 0 Å². The number of aryl methyl sites for hydroxylation is 1. The van der Waals surface area contributed by atoms with Crippen molar-refractivity contribution in [2.45, 2.75) is 50.7 Å². The van der Waals surface area contributed by atoms with Gasteiger partial charge in [-0.2, -0.15) is 0 Å². The lowest BCUT2D eigenvalue weighted by Gasteiger charge is -2.43. The van der Waals surface area contributed by atoms with Crippen LogP contribution < -0.4 is 0 Å². The summed E-state index contributed by atoms with van der Waals surface area (Å²) in [6.07, 6.45) is 5.80. The maximum absolute atomic E-state index is 12.6. The van der Waals surface area contributed by atoms with E-state index in [0.29, 0.717) is 26.0 Å². The predicted octanol–water partition coefficient (Wildman–Crippen LogP) is 2.49. The second kappa shape index (κ2) is 7.13. The van der Waals surface area contributed by atoms with Crippen LogP contribution in [0.4, 0.5) is 0 Å². The van der Waals surface area contributed by atoms with Crippen molar-refractivity contribution in [2.24, 2.45) is 0 Å². The van der Waals surface area contributed by atoms with E-state index >= 15 is 0 Å². The molecule has 0 spiro atoms. The third-order valence-electron chi connectivity index (χ3n) is 4.88. The minimum absolute atomic E-state index is 0.188. The number of carbonyl (C=O) groups is 2. The highest BCUT2D eigenvalue weighted by molar-refractivity contribution is 5.87. The number of hydrogen-bond donors (Lipinski definition) is 1. The predicted molar refractivity (Wildman–Crippen MR) is 85.4 cm³/mol. The normalized spacial score (nSPS) is 24.1. The van der Waals surface area contributed by atoms with Crippen molar-refractivity contribution >= 4 is 11.9 Å². The zero-order valence-electron chi connectivity index (χ0n) is 13.2. The number of rotatable bonds is 4. The first-order chi connectivity index (χ1) is 11.1. The third-order valence-corrected chi connectivity index (χ3v) is 4.88. The SMILES string of the molecule is O=C(O)c1ccc(CCC(=O)N2CCOC3CCCCC32)cc1. The summed E-state index contributed by atoms with van der Waals surface area (Å²) >= 11 is 0. The number of aromatic carboxylic acids is 1. The van der Waals surface area contributed by atoms with Gasteiger partial charge in [0, 0.05) is 13.0 Å². The molecule has 1 heterocycles. The molecule has 1 aliphatic heterocycles. The summed E-state index contributed by atoms with van der Waals surface area (Å²) in [5.41, 5.74) is 1.27. The van der Waals surface area contributed by atoms with Crippen LogP contribution in [0, 0.1) is 0 Å². The summed E-state index contributed by atoms with van der Waals surface area (Å²) in [6, 6.07) is 7.01. The van der Waals surface area contributed by atoms with Gasteiger partial charge in [-0.05, 0) is 37.0 Å². The van der Waals surface area contributed by atoms with E-state index in [1.165, 1.54) is 12.8 Å². The summed E-state index contributed by atoms with van der Waals surface area (Å²) in [5, 5.41) is 8.90. The average Bonchev–Trinajstić information content (AvgIpc) is 2.59. The summed E-state index contributed by atoms with van der Waals surface area (Å²) in [7, 11) is 0. The zero-order valence-corrected chi connectivity index (χ0v) is 13.2. The van der Waals surface area contributed by atoms with Crippen LogP contribution in [0.2, 0.25) is 0 Å². The topological polar surface area (TPSA) is 66.8 Å². The number of amides is 1. The first-order valence-electron chi connectivity index (χ1n) is 8.38. The van der Waals surface area contributed by atoms with Gasteiger partial charge in [-0.15, -0.1) is 0 Å². The van der Waals surface area contributed by atoms with E-state index in [-0.39, 0.29) is 23.6 Å². The number of morpholine rings is 1. The van der Waals surface area contributed by atoms with Gasteiger partial charge in [-0.3, -0.25) is 4.79 Å². The van der Waals surface area contributed by atoms with E-state index in [2.05, 4.69) is 0 Å². The molecule has 1 saturated heterocycles. The highest BCUT2D eigenvalue weighted by Crippen LogP contribution is 2.29. The minimum atomic E-state index is -0.927. The number of hydrogen-bond acceptors (Lipinski definition) is 3. The van der Waals surface area contributed by atoms with E-state index < -0.39 is 5.97 Å². The summed E-state index contributed by atoms with van der Waals surface area (Å²) in [5.74, 6) is -0.739. The first-order valence-corrected chi connectivity index (χ1v) is 8.38. The molecule has 5 heteroatoms. The molecule has 1 amide bonds.